The smallest absolute Gasteiger partial charge is 0.335 e. The molecule has 0 radical (unpaired) electrons. The second-order valence-electron chi connectivity index (χ2n) is 6.05. The van der Waals surface area contributed by atoms with Gasteiger partial charge in [-0.25, -0.2) is 9.78 Å². The Bertz CT molecular complexity index is 935. The number of fused-ring (bicyclic) bond motifs is 1. The van der Waals surface area contributed by atoms with E-state index in [4.69, 9.17) is 9.84 Å². The third-order valence-corrected chi connectivity index (χ3v) is 5.20. The third kappa shape index (κ3) is 4.83. The van der Waals surface area contributed by atoms with Crippen LogP contribution in [0, 0.1) is 0 Å². The maximum atomic E-state index is 12.2. The number of thiazole rings is 1. The van der Waals surface area contributed by atoms with Crippen molar-refractivity contribution in [3.05, 3.63) is 53.0 Å². The Labute approximate surface area is 160 Å². The van der Waals surface area contributed by atoms with Crippen molar-refractivity contribution in [2.45, 2.75) is 25.7 Å². The molecule has 140 valence electrons. The number of methoxy groups -OCH3 is 1. The fourth-order valence-corrected chi connectivity index (χ4v) is 3.74. The number of aromatic nitrogens is 1. The molecule has 1 aromatic heterocycles. The van der Waals surface area contributed by atoms with Crippen molar-refractivity contribution < 1.29 is 19.4 Å². The Morgan fingerprint density at radius 1 is 1.19 bits per heavy atom. The first-order valence-electron chi connectivity index (χ1n) is 8.62. The largest absolute Gasteiger partial charge is 0.495 e. The van der Waals surface area contributed by atoms with Crippen molar-refractivity contribution in [3.63, 3.8) is 0 Å². The number of carbonyl (C=O) groups is 2. The van der Waals surface area contributed by atoms with Gasteiger partial charge in [0.1, 0.15) is 5.75 Å². The summed E-state index contributed by atoms with van der Waals surface area (Å²) >= 11 is 1.69. The van der Waals surface area contributed by atoms with E-state index in [-0.39, 0.29) is 11.5 Å². The van der Waals surface area contributed by atoms with Crippen LogP contribution in [0.1, 0.15) is 34.6 Å². The highest BCUT2D eigenvalue weighted by Gasteiger charge is 2.11. The molecule has 0 fully saturated rings. The maximum absolute atomic E-state index is 12.2. The van der Waals surface area contributed by atoms with Gasteiger partial charge in [0.25, 0.3) is 0 Å². The predicted molar refractivity (Wildman–Crippen MR) is 106 cm³/mol. The first-order valence-corrected chi connectivity index (χ1v) is 9.44. The van der Waals surface area contributed by atoms with Crippen LogP contribution in [-0.2, 0) is 11.2 Å². The fourth-order valence-electron chi connectivity index (χ4n) is 2.73. The Kier molecular flexibility index (Phi) is 6.03. The molecule has 0 spiro atoms. The number of nitrogens with one attached hydrogen (secondary N) is 1. The number of ether oxygens (including phenoxy) is 1. The van der Waals surface area contributed by atoms with Gasteiger partial charge in [-0.2, -0.15) is 0 Å². The molecule has 3 aromatic rings. The first-order chi connectivity index (χ1) is 13.1. The zero-order valence-electron chi connectivity index (χ0n) is 14.9. The number of amides is 1. The van der Waals surface area contributed by atoms with Crippen LogP contribution < -0.4 is 10.1 Å². The van der Waals surface area contributed by atoms with Crippen LogP contribution in [0.15, 0.2) is 42.5 Å². The normalized spacial score (nSPS) is 10.7. The molecule has 0 bridgehead atoms. The molecule has 0 aliphatic heterocycles. The minimum atomic E-state index is -1.04. The molecule has 0 aliphatic rings. The number of aryl methyl sites for hydroxylation is 1. The zero-order chi connectivity index (χ0) is 19.2. The van der Waals surface area contributed by atoms with E-state index < -0.39 is 5.97 Å². The highest BCUT2D eigenvalue weighted by atomic mass is 32.1. The first kappa shape index (κ1) is 18.8. The third-order valence-electron chi connectivity index (χ3n) is 4.11. The van der Waals surface area contributed by atoms with Crippen molar-refractivity contribution in [2.75, 3.05) is 12.4 Å². The average molecular weight is 384 g/mol. The minimum Gasteiger partial charge on any atom is -0.495 e. The van der Waals surface area contributed by atoms with Gasteiger partial charge in [0, 0.05) is 6.42 Å². The number of rotatable bonds is 8. The molecule has 2 aromatic carbocycles. The summed E-state index contributed by atoms with van der Waals surface area (Å²) in [7, 11) is 1.44. The summed E-state index contributed by atoms with van der Waals surface area (Å²) in [6.07, 6.45) is 2.86. The summed E-state index contributed by atoms with van der Waals surface area (Å²) in [6.45, 7) is 0. The summed E-state index contributed by atoms with van der Waals surface area (Å²) in [4.78, 5) is 27.8. The van der Waals surface area contributed by atoms with E-state index in [1.807, 2.05) is 18.2 Å². The zero-order valence-corrected chi connectivity index (χ0v) is 15.7. The van der Waals surface area contributed by atoms with Crippen molar-refractivity contribution in [3.8, 4) is 5.75 Å². The Morgan fingerprint density at radius 3 is 2.74 bits per heavy atom. The molecule has 7 heteroatoms. The van der Waals surface area contributed by atoms with E-state index in [1.165, 1.54) is 23.9 Å². The number of carboxylic acids is 1. The van der Waals surface area contributed by atoms with Crippen molar-refractivity contribution in [1.82, 2.24) is 4.98 Å². The van der Waals surface area contributed by atoms with Gasteiger partial charge in [-0.1, -0.05) is 12.1 Å². The summed E-state index contributed by atoms with van der Waals surface area (Å²) in [5.41, 5.74) is 1.60. The van der Waals surface area contributed by atoms with Crippen LogP contribution in [-0.4, -0.2) is 29.1 Å². The van der Waals surface area contributed by atoms with E-state index in [9.17, 15) is 9.59 Å². The Balaban J connectivity index is 1.49. The number of anilines is 1. The summed E-state index contributed by atoms with van der Waals surface area (Å²) < 4.78 is 6.35. The maximum Gasteiger partial charge on any atom is 0.335 e. The summed E-state index contributed by atoms with van der Waals surface area (Å²) in [5, 5.41) is 12.9. The molecule has 2 N–H and O–H groups in total. The number of carboxylic acid groups (broad SMARTS) is 1. The molecule has 0 unspecified atom stereocenters. The SMILES string of the molecule is COc1cc(C(=O)O)ccc1NC(=O)CCCCc1nc2ccccc2s1. The lowest BCUT2D eigenvalue weighted by Gasteiger charge is -2.10. The fraction of sp³-hybridized carbons (Fsp3) is 0.250. The van der Waals surface area contributed by atoms with Crippen LogP contribution in [0.25, 0.3) is 10.2 Å². The Hall–Kier alpha value is -2.93. The number of unbranched alkanes of at least 4 members (excludes halogenated alkanes) is 1. The molecular weight excluding hydrogens is 364 g/mol. The van der Waals surface area contributed by atoms with Crippen LogP contribution >= 0.6 is 11.3 Å². The molecule has 0 aliphatic carbocycles. The minimum absolute atomic E-state index is 0.112. The second-order valence-corrected chi connectivity index (χ2v) is 7.17. The van der Waals surface area contributed by atoms with Crippen molar-refractivity contribution in [2.24, 2.45) is 0 Å². The highest BCUT2D eigenvalue weighted by molar-refractivity contribution is 7.18. The van der Waals surface area contributed by atoms with E-state index in [2.05, 4.69) is 16.4 Å². The molecule has 0 saturated heterocycles. The van der Waals surface area contributed by atoms with Gasteiger partial charge in [-0.15, -0.1) is 11.3 Å². The van der Waals surface area contributed by atoms with Gasteiger partial charge in [0.05, 0.1) is 33.6 Å². The number of hydrogen-bond donors (Lipinski definition) is 2. The quantitative estimate of drug-likeness (QED) is 0.564. The molecule has 0 saturated carbocycles. The monoisotopic (exact) mass is 384 g/mol. The van der Waals surface area contributed by atoms with E-state index >= 15 is 0 Å². The van der Waals surface area contributed by atoms with Gasteiger partial charge < -0.3 is 15.2 Å². The standard InChI is InChI=1S/C20H20N2O4S/c1-26-16-12-13(20(24)25)10-11-14(16)21-18(23)8-4-5-9-19-22-15-6-2-3-7-17(15)27-19/h2-3,6-7,10-12H,4-5,8-9H2,1H3,(H,21,23)(H,24,25). The van der Waals surface area contributed by atoms with Crippen molar-refractivity contribution >= 4 is 39.1 Å². The van der Waals surface area contributed by atoms with Gasteiger partial charge in [0.2, 0.25) is 5.91 Å². The van der Waals surface area contributed by atoms with Gasteiger partial charge >= 0.3 is 5.97 Å². The average Bonchev–Trinajstić information content (AvgIpc) is 3.08. The highest BCUT2D eigenvalue weighted by Crippen LogP contribution is 2.26. The predicted octanol–water partition coefficient (Wildman–Crippen LogP) is 4.35. The Morgan fingerprint density at radius 2 is 2.00 bits per heavy atom. The number of benzene rings is 2. The lowest BCUT2D eigenvalue weighted by Crippen LogP contribution is -2.12. The molecule has 27 heavy (non-hydrogen) atoms. The van der Waals surface area contributed by atoms with E-state index in [0.717, 1.165) is 29.8 Å². The lowest BCUT2D eigenvalue weighted by atomic mass is 10.1. The topological polar surface area (TPSA) is 88.5 Å². The van der Waals surface area contributed by atoms with Crippen LogP contribution in [0.2, 0.25) is 0 Å². The molecule has 6 nitrogen and oxygen atoms in total. The molecule has 1 heterocycles. The van der Waals surface area contributed by atoms with Crippen molar-refractivity contribution in [1.29, 1.82) is 0 Å². The van der Waals surface area contributed by atoms with Gasteiger partial charge in [0.15, 0.2) is 0 Å². The van der Waals surface area contributed by atoms with Crippen LogP contribution in [0.4, 0.5) is 5.69 Å². The second kappa shape index (κ2) is 8.64. The molecule has 3 rings (SSSR count). The lowest BCUT2D eigenvalue weighted by molar-refractivity contribution is -0.116. The van der Waals surface area contributed by atoms with Gasteiger partial charge in [-0.3, -0.25) is 4.79 Å². The van der Waals surface area contributed by atoms with Crippen LogP contribution in [0.5, 0.6) is 5.75 Å². The van der Waals surface area contributed by atoms with E-state index in [1.54, 1.807) is 17.4 Å². The van der Waals surface area contributed by atoms with Gasteiger partial charge in [-0.05, 0) is 49.6 Å². The number of hydrogen-bond acceptors (Lipinski definition) is 5. The number of para-hydroxylation sites is 1. The molecular formula is C20H20N2O4S. The number of nitrogens with zero attached hydrogens (tertiary/aromatic N) is 1. The summed E-state index contributed by atoms with van der Waals surface area (Å²) in [5.74, 6) is -0.834. The molecule has 1 amide bonds. The van der Waals surface area contributed by atoms with E-state index in [0.29, 0.717) is 17.9 Å². The number of aromatic carboxylic acids is 1. The number of carbonyl (C=O) groups excluding carboxylic acids is 1. The van der Waals surface area contributed by atoms with Crippen LogP contribution in [0.3, 0.4) is 0 Å². The summed E-state index contributed by atoms with van der Waals surface area (Å²) in [6, 6.07) is 12.4. The molecule has 0 atom stereocenters.